The topological polar surface area (TPSA) is 47.6 Å². The van der Waals surface area contributed by atoms with Crippen LogP contribution in [0.5, 0.6) is 11.5 Å². The fourth-order valence-corrected chi connectivity index (χ4v) is 1.82. The molecule has 0 radical (unpaired) electrons. The van der Waals surface area contributed by atoms with Crippen molar-refractivity contribution in [1.29, 1.82) is 0 Å². The maximum atomic E-state index is 12.8. The van der Waals surface area contributed by atoms with Crippen molar-refractivity contribution in [2.75, 3.05) is 19.0 Å². The molecule has 1 amide bonds. The van der Waals surface area contributed by atoms with Crippen molar-refractivity contribution >= 4 is 11.6 Å². The molecule has 0 atom stereocenters. The van der Waals surface area contributed by atoms with E-state index in [4.69, 9.17) is 9.47 Å². The number of rotatable bonds is 5. The van der Waals surface area contributed by atoms with Crippen molar-refractivity contribution in [2.24, 2.45) is 0 Å². The van der Waals surface area contributed by atoms with Gasteiger partial charge in [0.1, 0.15) is 5.82 Å². The van der Waals surface area contributed by atoms with Gasteiger partial charge >= 0.3 is 0 Å². The summed E-state index contributed by atoms with van der Waals surface area (Å²) >= 11 is 0. The number of hydrogen-bond donors (Lipinski definition) is 1. The number of methoxy groups -OCH3 is 1. The number of carbonyl (C=O) groups is 1. The molecule has 0 saturated carbocycles. The molecule has 0 spiro atoms. The van der Waals surface area contributed by atoms with Crippen molar-refractivity contribution in [1.82, 2.24) is 0 Å². The second-order valence-corrected chi connectivity index (χ2v) is 4.26. The van der Waals surface area contributed by atoms with Crippen molar-refractivity contribution in [3.05, 3.63) is 53.8 Å². The minimum atomic E-state index is -0.351. The Labute approximate surface area is 122 Å². The van der Waals surface area contributed by atoms with Crippen LogP contribution in [-0.4, -0.2) is 19.6 Å². The Morgan fingerprint density at radius 3 is 2.48 bits per heavy atom. The zero-order valence-electron chi connectivity index (χ0n) is 11.9. The molecule has 0 saturated heterocycles. The summed E-state index contributed by atoms with van der Waals surface area (Å²) in [5.41, 5.74) is 0.953. The summed E-state index contributed by atoms with van der Waals surface area (Å²) in [6.45, 7) is 2.38. The van der Waals surface area contributed by atoms with E-state index in [9.17, 15) is 9.18 Å². The molecule has 110 valence electrons. The van der Waals surface area contributed by atoms with Gasteiger partial charge in [-0.3, -0.25) is 4.79 Å². The monoisotopic (exact) mass is 289 g/mol. The van der Waals surface area contributed by atoms with E-state index >= 15 is 0 Å². The zero-order chi connectivity index (χ0) is 15.2. The minimum Gasteiger partial charge on any atom is -0.493 e. The largest absolute Gasteiger partial charge is 0.493 e. The molecule has 0 aliphatic rings. The maximum Gasteiger partial charge on any atom is 0.255 e. The third kappa shape index (κ3) is 3.72. The van der Waals surface area contributed by atoms with E-state index in [0.29, 0.717) is 29.4 Å². The highest BCUT2D eigenvalue weighted by Gasteiger charge is 2.11. The molecule has 0 aromatic heterocycles. The summed E-state index contributed by atoms with van der Waals surface area (Å²) in [6.07, 6.45) is 0. The average molecular weight is 289 g/mol. The van der Waals surface area contributed by atoms with E-state index in [1.54, 1.807) is 18.2 Å². The van der Waals surface area contributed by atoms with Gasteiger partial charge in [0.15, 0.2) is 11.5 Å². The van der Waals surface area contributed by atoms with Gasteiger partial charge in [-0.15, -0.1) is 0 Å². The smallest absolute Gasteiger partial charge is 0.255 e. The molecule has 2 aromatic carbocycles. The van der Waals surface area contributed by atoms with Gasteiger partial charge in [-0.05, 0) is 49.4 Å². The first-order valence-corrected chi connectivity index (χ1v) is 6.51. The Morgan fingerprint density at radius 2 is 1.86 bits per heavy atom. The Kier molecular flexibility index (Phi) is 4.77. The van der Waals surface area contributed by atoms with Crippen LogP contribution in [0.4, 0.5) is 10.1 Å². The SMILES string of the molecule is CCOc1ccc(C(=O)Nc2ccc(F)cc2)cc1OC. The van der Waals surface area contributed by atoms with Crippen LogP contribution in [0.2, 0.25) is 0 Å². The fourth-order valence-electron chi connectivity index (χ4n) is 1.82. The van der Waals surface area contributed by atoms with Crippen LogP contribution in [0.15, 0.2) is 42.5 Å². The van der Waals surface area contributed by atoms with Crippen molar-refractivity contribution in [3.63, 3.8) is 0 Å². The molecule has 0 aliphatic heterocycles. The summed E-state index contributed by atoms with van der Waals surface area (Å²) in [4.78, 5) is 12.1. The highest BCUT2D eigenvalue weighted by Crippen LogP contribution is 2.28. The van der Waals surface area contributed by atoms with Crippen molar-refractivity contribution in [3.8, 4) is 11.5 Å². The van der Waals surface area contributed by atoms with Crippen molar-refractivity contribution < 1.29 is 18.7 Å². The molecular weight excluding hydrogens is 273 g/mol. The summed E-state index contributed by atoms with van der Waals surface area (Å²) in [5.74, 6) is 0.417. The molecular formula is C16H16FNO3. The highest BCUT2D eigenvalue weighted by molar-refractivity contribution is 6.04. The molecule has 5 heteroatoms. The van der Waals surface area contributed by atoms with Crippen LogP contribution in [-0.2, 0) is 0 Å². The quantitative estimate of drug-likeness (QED) is 0.916. The standard InChI is InChI=1S/C16H16FNO3/c1-3-21-14-9-4-11(10-15(14)20-2)16(19)18-13-7-5-12(17)6-8-13/h4-10H,3H2,1-2H3,(H,18,19). The maximum absolute atomic E-state index is 12.8. The van der Waals surface area contributed by atoms with Crippen LogP contribution in [0.1, 0.15) is 17.3 Å². The van der Waals surface area contributed by atoms with E-state index in [1.165, 1.54) is 31.4 Å². The summed E-state index contributed by atoms with van der Waals surface area (Å²) in [7, 11) is 1.51. The van der Waals surface area contributed by atoms with Crippen molar-refractivity contribution in [2.45, 2.75) is 6.92 Å². The van der Waals surface area contributed by atoms with Gasteiger partial charge < -0.3 is 14.8 Å². The number of benzene rings is 2. The molecule has 0 unspecified atom stereocenters. The summed E-state index contributed by atoms with van der Waals surface area (Å²) < 4.78 is 23.4. The number of hydrogen-bond acceptors (Lipinski definition) is 3. The molecule has 0 aliphatic carbocycles. The molecule has 0 fully saturated rings. The highest BCUT2D eigenvalue weighted by atomic mass is 19.1. The van der Waals surface area contributed by atoms with Gasteiger partial charge in [0.05, 0.1) is 13.7 Å². The lowest BCUT2D eigenvalue weighted by Crippen LogP contribution is -2.12. The third-order valence-electron chi connectivity index (χ3n) is 2.83. The van der Waals surface area contributed by atoms with Gasteiger partial charge in [0.2, 0.25) is 0 Å². The second-order valence-electron chi connectivity index (χ2n) is 4.26. The number of anilines is 1. The third-order valence-corrected chi connectivity index (χ3v) is 2.83. The van der Waals surface area contributed by atoms with Gasteiger partial charge in [0.25, 0.3) is 5.91 Å². The molecule has 21 heavy (non-hydrogen) atoms. The number of amides is 1. The Hall–Kier alpha value is -2.56. The minimum absolute atomic E-state index is 0.303. The van der Waals surface area contributed by atoms with Gasteiger partial charge in [-0.1, -0.05) is 0 Å². The van der Waals surface area contributed by atoms with E-state index in [-0.39, 0.29) is 11.7 Å². The molecule has 2 rings (SSSR count). The van der Waals surface area contributed by atoms with E-state index in [1.807, 2.05) is 6.92 Å². The van der Waals surface area contributed by atoms with Crippen LogP contribution in [0, 0.1) is 5.82 Å². The normalized spacial score (nSPS) is 10.0. The lowest BCUT2D eigenvalue weighted by molar-refractivity contribution is 0.102. The Bertz CT molecular complexity index is 626. The first-order chi connectivity index (χ1) is 10.1. The number of ether oxygens (including phenoxy) is 2. The predicted molar refractivity (Wildman–Crippen MR) is 78.5 cm³/mol. The first kappa shape index (κ1) is 14.8. The summed E-state index contributed by atoms with van der Waals surface area (Å²) in [5, 5.41) is 2.69. The summed E-state index contributed by atoms with van der Waals surface area (Å²) in [6, 6.07) is 10.5. The van der Waals surface area contributed by atoms with E-state index in [0.717, 1.165) is 0 Å². The van der Waals surface area contributed by atoms with Gasteiger partial charge in [-0.2, -0.15) is 0 Å². The lowest BCUT2D eigenvalue weighted by atomic mass is 10.2. The molecule has 0 heterocycles. The van der Waals surface area contributed by atoms with Crippen LogP contribution >= 0.6 is 0 Å². The lowest BCUT2D eigenvalue weighted by Gasteiger charge is -2.11. The first-order valence-electron chi connectivity index (χ1n) is 6.51. The molecule has 0 bridgehead atoms. The van der Waals surface area contributed by atoms with Gasteiger partial charge in [0, 0.05) is 11.3 Å². The van der Waals surface area contributed by atoms with E-state index in [2.05, 4.69) is 5.32 Å². The number of nitrogens with one attached hydrogen (secondary N) is 1. The fraction of sp³-hybridized carbons (Fsp3) is 0.188. The second kappa shape index (κ2) is 6.74. The zero-order valence-corrected chi connectivity index (χ0v) is 11.9. The van der Waals surface area contributed by atoms with Gasteiger partial charge in [-0.25, -0.2) is 4.39 Å². The molecule has 1 N–H and O–H groups in total. The number of halogens is 1. The Morgan fingerprint density at radius 1 is 1.14 bits per heavy atom. The van der Waals surface area contributed by atoms with Crippen LogP contribution in [0.25, 0.3) is 0 Å². The van der Waals surface area contributed by atoms with Crippen LogP contribution < -0.4 is 14.8 Å². The molecule has 2 aromatic rings. The molecule has 4 nitrogen and oxygen atoms in total. The Balaban J connectivity index is 2.17. The average Bonchev–Trinajstić information content (AvgIpc) is 2.50. The predicted octanol–water partition coefficient (Wildman–Crippen LogP) is 3.49. The van der Waals surface area contributed by atoms with Crippen LogP contribution in [0.3, 0.4) is 0 Å². The number of carbonyl (C=O) groups excluding carboxylic acids is 1. The van der Waals surface area contributed by atoms with E-state index < -0.39 is 0 Å².